The summed E-state index contributed by atoms with van der Waals surface area (Å²) in [7, 11) is 0. The van der Waals surface area contributed by atoms with Crippen LogP contribution in [0.5, 0.6) is 0 Å². The molecule has 0 radical (unpaired) electrons. The minimum atomic E-state index is -0.723. The van der Waals surface area contributed by atoms with Crippen LogP contribution in [0.1, 0.15) is 55.6 Å². The van der Waals surface area contributed by atoms with Crippen molar-refractivity contribution in [1.29, 1.82) is 0 Å². The van der Waals surface area contributed by atoms with Gasteiger partial charge in [-0.05, 0) is 35.2 Å². The van der Waals surface area contributed by atoms with Gasteiger partial charge in [0.05, 0.1) is 19.6 Å². The number of carbonyl (C=O) groups is 6. The zero-order valence-corrected chi connectivity index (χ0v) is 22.9. The molecule has 0 unspecified atom stereocenters. The van der Waals surface area contributed by atoms with Crippen LogP contribution >= 0.6 is 0 Å². The molecule has 3 amide bonds. The molecule has 2 aromatic carbocycles. The van der Waals surface area contributed by atoms with Crippen molar-refractivity contribution in [2.24, 2.45) is 5.73 Å². The van der Waals surface area contributed by atoms with Crippen LogP contribution in [0, 0.1) is 0 Å². The normalized spacial score (nSPS) is 11.6. The van der Waals surface area contributed by atoms with Crippen molar-refractivity contribution in [3.63, 3.8) is 0 Å². The first-order chi connectivity index (χ1) is 19.8. The average Bonchev–Trinajstić information content (AvgIpc) is 3.31. The molecule has 11 heteroatoms. The average molecular weight is 565 g/mol. The molecule has 11 nitrogen and oxygen atoms in total. The van der Waals surface area contributed by atoms with Gasteiger partial charge in [0.2, 0.25) is 11.8 Å². The number of nitrogens with two attached hydrogens (primary N) is 1. The molecule has 218 valence electrons. The zero-order valence-electron chi connectivity index (χ0n) is 22.9. The van der Waals surface area contributed by atoms with Crippen LogP contribution in [0.4, 0.5) is 4.79 Å². The van der Waals surface area contributed by atoms with E-state index in [-0.39, 0.29) is 81.6 Å². The van der Waals surface area contributed by atoms with Crippen molar-refractivity contribution >= 4 is 35.3 Å². The number of rotatable bonds is 17. The number of benzene rings is 2. The fourth-order valence-corrected chi connectivity index (χ4v) is 4.46. The van der Waals surface area contributed by atoms with Gasteiger partial charge in [-0.25, -0.2) is 4.79 Å². The molecule has 5 N–H and O–H groups in total. The molecular formula is C30H36N4O7. The van der Waals surface area contributed by atoms with Crippen molar-refractivity contribution in [1.82, 2.24) is 16.0 Å². The van der Waals surface area contributed by atoms with Gasteiger partial charge in [-0.2, -0.15) is 0 Å². The molecule has 0 fully saturated rings. The monoisotopic (exact) mass is 564 g/mol. The number of hydrogen-bond acceptors (Lipinski definition) is 8. The van der Waals surface area contributed by atoms with Crippen molar-refractivity contribution in [2.45, 2.75) is 44.4 Å². The van der Waals surface area contributed by atoms with Crippen LogP contribution in [0.2, 0.25) is 0 Å². The minimum Gasteiger partial charge on any atom is -0.449 e. The van der Waals surface area contributed by atoms with Crippen LogP contribution in [0.25, 0.3) is 11.1 Å². The Morgan fingerprint density at radius 3 is 1.61 bits per heavy atom. The predicted octanol–water partition coefficient (Wildman–Crippen LogP) is 1.76. The smallest absolute Gasteiger partial charge is 0.407 e. The topological polar surface area (TPSA) is 174 Å². The van der Waals surface area contributed by atoms with Crippen molar-refractivity contribution in [2.75, 3.05) is 32.8 Å². The van der Waals surface area contributed by atoms with E-state index in [1.54, 1.807) is 0 Å². The SMILES string of the molecule is NCCCC(=O)CNC(=O)CCC(=O)CNC(=O)CCC(=O)CNC(=O)OCC1c2ccccc2-c2ccccc21. The van der Waals surface area contributed by atoms with Gasteiger partial charge in [-0.1, -0.05) is 48.5 Å². The summed E-state index contributed by atoms with van der Waals surface area (Å²) in [4.78, 5) is 71.6. The summed E-state index contributed by atoms with van der Waals surface area (Å²) in [6.07, 6.45) is -0.346. The van der Waals surface area contributed by atoms with Gasteiger partial charge < -0.3 is 26.4 Å². The number of ketones is 3. The summed E-state index contributed by atoms with van der Waals surface area (Å²) >= 11 is 0. The molecule has 0 atom stereocenters. The lowest BCUT2D eigenvalue weighted by Crippen LogP contribution is -2.33. The Morgan fingerprint density at radius 2 is 1.10 bits per heavy atom. The van der Waals surface area contributed by atoms with E-state index in [0.29, 0.717) is 13.0 Å². The van der Waals surface area contributed by atoms with Gasteiger partial charge >= 0.3 is 6.09 Å². The Labute approximate surface area is 238 Å². The standard InChI is InChI=1S/C30H36N4O7/c31-15-5-6-20(35)16-32-28(38)13-11-21(36)17-33-29(39)14-12-22(37)18-34-30(40)41-19-27-25-9-3-1-7-23(25)24-8-2-4-10-26(24)27/h1-4,7-10,27H,5-6,11-19,31H2,(H,32,38)(H,33,39)(H,34,40). The molecule has 0 bridgehead atoms. The highest BCUT2D eigenvalue weighted by Crippen LogP contribution is 2.44. The van der Waals surface area contributed by atoms with E-state index in [4.69, 9.17) is 10.5 Å². The zero-order chi connectivity index (χ0) is 29.6. The first-order valence-electron chi connectivity index (χ1n) is 13.7. The summed E-state index contributed by atoms with van der Waals surface area (Å²) in [6, 6.07) is 15.9. The third-order valence-corrected chi connectivity index (χ3v) is 6.66. The second kappa shape index (κ2) is 16.0. The Hall–Kier alpha value is -4.38. The molecule has 2 aromatic rings. The van der Waals surface area contributed by atoms with E-state index < -0.39 is 17.9 Å². The molecule has 0 spiro atoms. The van der Waals surface area contributed by atoms with E-state index >= 15 is 0 Å². The van der Waals surface area contributed by atoms with E-state index in [1.807, 2.05) is 48.5 Å². The van der Waals surface area contributed by atoms with Gasteiger partial charge in [-0.3, -0.25) is 24.0 Å². The van der Waals surface area contributed by atoms with E-state index in [1.165, 1.54) is 0 Å². The number of nitrogens with one attached hydrogen (secondary N) is 3. The lowest BCUT2D eigenvalue weighted by molar-refractivity contribution is -0.128. The lowest BCUT2D eigenvalue weighted by atomic mass is 9.98. The van der Waals surface area contributed by atoms with Gasteiger partial charge in [0.15, 0.2) is 17.3 Å². The number of fused-ring (bicyclic) bond motifs is 3. The summed E-state index contributed by atoms with van der Waals surface area (Å²) in [6.45, 7) is -0.139. The Kier molecular flexibility index (Phi) is 12.2. The second-order valence-electron chi connectivity index (χ2n) is 9.74. The van der Waals surface area contributed by atoms with E-state index in [0.717, 1.165) is 22.3 Å². The molecule has 1 aliphatic rings. The molecule has 0 saturated heterocycles. The second-order valence-corrected chi connectivity index (χ2v) is 9.74. The highest BCUT2D eigenvalue weighted by atomic mass is 16.5. The van der Waals surface area contributed by atoms with Crippen LogP contribution in [0.15, 0.2) is 48.5 Å². The summed E-state index contributed by atoms with van der Waals surface area (Å²) in [5.41, 5.74) is 9.71. The highest BCUT2D eigenvalue weighted by molar-refractivity contribution is 5.92. The largest absolute Gasteiger partial charge is 0.449 e. The molecule has 1 aliphatic carbocycles. The van der Waals surface area contributed by atoms with Crippen LogP contribution < -0.4 is 21.7 Å². The lowest BCUT2D eigenvalue weighted by Gasteiger charge is -2.14. The quantitative estimate of drug-likeness (QED) is 0.225. The molecule has 0 aromatic heterocycles. The van der Waals surface area contributed by atoms with Crippen LogP contribution in [-0.2, 0) is 28.7 Å². The van der Waals surface area contributed by atoms with E-state index in [2.05, 4.69) is 16.0 Å². The summed E-state index contributed by atoms with van der Waals surface area (Å²) in [5, 5.41) is 7.29. The molecular weight excluding hydrogens is 528 g/mol. The third kappa shape index (κ3) is 9.95. The van der Waals surface area contributed by atoms with E-state index in [9.17, 15) is 28.8 Å². The maximum absolute atomic E-state index is 12.2. The number of alkyl carbamates (subject to hydrolysis) is 1. The minimum absolute atomic E-state index is 0.0912. The predicted molar refractivity (Wildman–Crippen MR) is 151 cm³/mol. The molecule has 0 aliphatic heterocycles. The summed E-state index contributed by atoms with van der Waals surface area (Å²) < 4.78 is 5.39. The van der Waals surface area contributed by atoms with Crippen LogP contribution in [-0.4, -0.2) is 68.0 Å². The van der Waals surface area contributed by atoms with Gasteiger partial charge in [0.25, 0.3) is 0 Å². The number of Topliss-reactive ketones (excluding diaryl/α,β-unsaturated/α-hetero) is 3. The van der Waals surface area contributed by atoms with Gasteiger partial charge in [0, 0.05) is 38.0 Å². The molecule has 41 heavy (non-hydrogen) atoms. The number of amides is 3. The third-order valence-electron chi connectivity index (χ3n) is 6.66. The maximum atomic E-state index is 12.2. The fraction of sp³-hybridized carbons (Fsp3) is 0.400. The number of ether oxygens (including phenoxy) is 1. The molecule has 0 saturated carbocycles. The Morgan fingerprint density at radius 1 is 0.634 bits per heavy atom. The van der Waals surface area contributed by atoms with Gasteiger partial charge in [0.1, 0.15) is 6.61 Å². The number of carbonyl (C=O) groups excluding carboxylic acids is 6. The Bertz CT molecular complexity index is 1230. The highest BCUT2D eigenvalue weighted by Gasteiger charge is 2.29. The first kappa shape index (κ1) is 31.2. The van der Waals surface area contributed by atoms with Crippen molar-refractivity contribution < 1.29 is 33.5 Å². The Balaban J connectivity index is 1.27. The van der Waals surface area contributed by atoms with Crippen molar-refractivity contribution in [3.05, 3.63) is 59.7 Å². The molecule has 3 rings (SSSR count). The maximum Gasteiger partial charge on any atom is 0.407 e. The van der Waals surface area contributed by atoms with Crippen LogP contribution in [0.3, 0.4) is 0 Å². The first-order valence-corrected chi connectivity index (χ1v) is 13.7. The fourth-order valence-electron chi connectivity index (χ4n) is 4.46. The number of hydrogen-bond donors (Lipinski definition) is 4. The molecule has 0 heterocycles. The van der Waals surface area contributed by atoms with Crippen molar-refractivity contribution in [3.8, 4) is 11.1 Å². The van der Waals surface area contributed by atoms with Gasteiger partial charge in [-0.15, -0.1) is 0 Å². The summed E-state index contributed by atoms with van der Waals surface area (Å²) in [5.74, 6) is -1.88.